The largest absolute Gasteiger partial charge is 0.504 e. The van der Waals surface area contributed by atoms with Crippen LogP contribution in [0, 0.1) is 22.7 Å². The number of hydrogen-bond donors (Lipinski definition) is 1. The lowest BCUT2D eigenvalue weighted by Crippen LogP contribution is -1.88. The maximum Gasteiger partial charge on any atom is 0.169 e. The zero-order valence-electron chi connectivity index (χ0n) is 9.59. The summed E-state index contributed by atoms with van der Waals surface area (Å²) in [6.45, 7) is 0. The van der Waals surface area contributed by atoms with Crippen molar-refractivity contribution in [3.8, 4) is 29.4 Å². The summed E-state index contributed by atoms with van der Waals surface area (Å²) in [7, 11) is 0. The third-order valence-corrected chi connectivity index (χ3v) is 2.55. The molecular weight excluding hydrogens is 264 g/mol. The Kier molecular flexibility index (Phi) is 3.56. The minimum atomic E-state index is -0.117. The fourth-order valence-electron chi connectivity index (χ4n) is 1.49. The number of rotatable bonds is 2. The molecule has 2 aromatic rings. The lowest BCUT2D eigenvalue weighted by atomic mass is 10.1. The van der Waals surface area contributed by atoms with Crippen LogP contribution in [0.2, 0.25) is 5.02 Å². The van der Waals surface area contributed by atoms with E-state index in [-0.39, 0.29) is 11.5 Å². The van der Waals surface area contributed by atoms with Gasteiger partial charge in [0.05, 0.1) is 23.3 Å². The molecule has 0 aliphatic rings. The van der Waals surface area contributed by atoms with Crippen LogP contribution in [0.25, 0.3) is 0 Å². The van der Waals surface area contributed by atoms with E-state index in [4.69, 9.17) is 26.9 Å². The monoisotopic (exact) mass is 270 g/mol. The Hall–Kier alpha value is -2.69. The highest BCUT2D eigenvalue weighted by molar-refractivity contribution is 6.30. The van der Waals surface area contributed by atoms with Crippen molar-refractivity contribution in [2.45, 2.75) is 0 Å². The Morgan fingerprint density at radius 2 is 1.63 bits per heavy atom. The van der Waals surface area contributed by atoms with E-state index in [1.165, 1.54) is 30.3 Å². The number of phenolic OH excluding ortho intramolecular Hbond substituents is 1. The molecule has 0 saturated heterocycles. The Balaban J connectivity index is 2.38. The van der Waals surface area contributed by atoms with Gasteiger partial charge in [-0.2, -0.15) is 10.5 Å². The standard InChI is InChI=1S/C14H7ClN2O2/c15-11-1-2-14(13(18)6-11)19-12-4-9(7-16)3-10(5-12)8-17/h1-6,18H. The lowest BCUT2D eigenvalue weighted by molar-refractivity contribution is 0.411. The Labute approximate surface area is 114 Å². The third kappa shape index (κ3) is 2.95. The van der Waals surface area contributed by atoms with Crippen molar-refractivity contribution in [1.29, 1.82) is 10.5 Å². The minimum Gasteiger partial charge on any atom is -0.504 e. The van der Waals surface area contributed by atoms with E-state index in [9.17, 15) is 5.11 Å². The highest BCUT2D eigenvalue weighted by Gasteiger charge is 2.07. The molecule has 0 bridgehead atoms. The minimum absolute atomic E-state index is 0.117. The molecule has 0 spiro atoms. The second-order valence-electron chi connectivity index (χ2n) is 3.68. The quantitative estimate of drug-likeness (QED) is 0.905. The van der Waals surface area contributed by atoms with Gasteiger partial charge in [-0.15, -0.1) is 0 Å². The summed E-state index contributed by atoms with van der Waals surface area (Å²) < 4.78 is 5.44. The number of halogens is 1. The first-order valence-corrected chi connectivity index (χ1v) is 5.62. The van der Waals surface area contributed by atoms with Gasteiger partial charge in [0.25, 0.3) is 0 Å². The van der Waals surface area contributed by atoms with Crippen LogP contribution >= 0.6 is 11.6 Å². The number of nitrogens with zero attached hydrogens (tertiary/aromatic N) is 2. The number of nitriles is 2. The van der Waals surface area contributed by atoms with Gasteiger partial charge >= 0.3 is 0 Å². The van der Waals surface area contributed by atoms with E-state index in [1.807, 2.05) is 12.1 Å². The number of hydrogen-bond acceptors (Lipinski definition) is 4. The lowest BCUT2D eigenvalue weighted by Gasteiger charge is -2.08. The van der Waals surface area contributed by atoms with Crippen molar-refractivity contribution in [2.24, 2.45) is 0 Å². The highest BCUT2D eigenvalue weighted by atomic mass is 35.5. The summed E-state index contributed by atoms with van der Waals surface area (Å²) in [5.74, 6) is 0.380. The van der Waals surface area contributed by atoms with Crippen molar-refractivity contribution in [3.05, 3.63) is 52.5 Å². The van der Waals surface area contributed by atoms with E-state index in [0.717, 1.165) is 0 Å². The molecular formula is C14H7ClN2O2. The molecule has 19 heavy (non-hydrogen) atoms. The molecule has 5 heteroatoms. The Morgan fingerprint density at radius 1 is 1.00 bits per heavy atom. The van der Waals surface area contributed by atoms with Crippen LogP contribution in [0.3, 0.4) is 0 Å². The normalized spacial score (nSPS) is 9.42. The van der Waals surface area contributed by atoms with E-state index < -0.39 is 0 Å². The van der Waals surface area contributed by atoms with Crippen LogP contribution < -0.4 is 4.74 Å². The predicted molar refractivity (Wildman–Crippen MR) is 69.1 cm³/mol. The van der Waals surface area contributed by atoms with Crippen molar-refractivity contribution in [1.82, 2.24) is 0 Å². The molecule has 0 unspecified atom stereocenters. The van der Waals surface area contributed by atoms with Crippen molar-refractivity contribution >= 4 is 11.6 Å². The van der Waals surface area contributed by atoms with Crippen LogP contribution in [-0.2, 0) is 0 Å². The number of aromatic hydroxyl groups is 1. The van der Waals surface area contributed by atoms with Gasteiger partial charge in [-0.05, 0) is 30.3 Å². The molecule has 2 aromatic carbocycles. The second-order valence-corrected chi connectivity index (χ2v) is 4.12. The molecule has 4 nitrogen and oxygen atoms in total. The fourth-order valence-corrected chi connectivity index (χ4v) is 1.66. The topological polar surface area (TPSA) is 77.0 Å². The second kappa shape index (κ2) is 5.30. The third-order valence-electron chi connectivity index (χ3n) is 2.31. The zero-order chi connectivity index (χ0) is 13.8. The summed E-state index contributed by atoms with van der Waals surface area (Å²) in [6.07, 6.45) is 0. The predicted octanol–water partition coefficient (Wildman–Crippen LogP) is 3.58. The summed E-state index contributed by atoms with van der Waals surface area (Å²) in [6, 6.07) is 12.7. The molecule has 92 valence electrons. The first-order valence-electron chi connectivity index (χ1n) is 5.24. The van der Waals surface area contributed by atoms with E-state index >= 15 is 0 Å². The molecule has 0 atom stereocenters. The van der Waals surface area contributed by atoms with Gasteiger partial charge in [-0.3, -0.25) is 0 Å². The van der Waals surface area contributed by atoms with Crippen LogP contribution in [0.4, 0.5) is 0 Å². The maximum atomic E-state index is 9.67. The SMILES string of the molecule is N#Cc1cc(C#N)cc(Oc2ccc(Cl)cc2O)c1. The number of phenols is 1. The van der Waals surface area contributed by atoms with Crippen LogP contribution in [0.1, 0.15) is 11.1 Å². The van der Waals surface area contributed by atoms with Crippen molar-refractivity contribution < 1.29 is 9.84 Å². The summed E-state index contributed by atoms with van der Waals surface area (Å²) in [4.78, 5) is 0. The highest BCUT2D eigenvalue weighted by Crippen LogP contribution is 2.33. The van der Waals surface area contributed by atoms with E-state index in [1.54, 1.807) is 6.07 Å². The average Bonchev–Trinajstić information content (AvgIpc) is 2.41. The maximum absolute atomic E-state index is 9.67. The van der Waals surface area contributed by atoms with Gasteiger partial charge in [0.1, 0.15) is 5.75 Å². The van der Waals surface area contributed by atoms with Crippen molar-refractivity contribution in [2.75, 3.05) is 0 Å². The van der Waals surface area contributed by atoms with Crippen LogP contribution in [0.15, 0.2) is 36.4 Å². The van der Waals surface area contributed by atoms with Crippen LogP contribution in [0.5, 0.6) is 17.2 Å². The molecule has 1 N–H and O–H groups in total. The van der Waals surface area contributed by atoms with Crippen molar-refractivity contribution in [3.63, 3.8) is 0 Å². The van der Waals surface area contributed by atoms with Gasteiger partial charge in [0.15, 0.2) is 11.5 Å². The first-order chi connectivity index (χ1) is 9.12. The number of benzene rings is 2. The molecule has 0 aliphatic carbocycles. The van der Waals surface area contributed by atoms with Gasteiger partial charge in [-0.1, -0.05) is 11.6 Å². The number of ether oxygens (including phenoxy) is 1. The smallest absolute Gasteiger partial charge is 0.169 e. The molecule has 2 rings (SSSR count). The summed E-state index contributed by atoms with van der Waals surface area (Å²) in [5, 5.41) is 27.8. The van der Waals surface area contributed by atoms with Crippen LogP contribution in [-0.4, -0.2) is 5.11 Å². The summed E-state index contributed by atoms with van der Waals surface area (Å²) >= 11 is 5.71. The van der Waals surface area contributed by atoms with Gasteiger partial charge in [0, 0.05) is 11.1 Å². The van der Waals surface area contributed by atoms with E-state index in [2.05, 4.69) is 0 Å². The molecule has 0 fully saturated rings. The molecule has 0 radical (unpaired) electrons. The zero-order valence-corrected chi connectivity index (χ0v) is 10.3. The molecule has 0 amide bonds. The average molecular weight is 271 g/mol. The van der Waals surface area contributed by atoms with Gasteiger partial charge < -0.3 is 9.84 Å². The summed E-state index contributed by atoms with van der Waals surface area (Å²) in [5.41, 5.74) is 0.616. The Morgan fingerprint density at radius 3 is 2.16 bits per heavy atom. The molecule has 0 saturated carbocycles. The molecule has 0 heterocycles. The van der Waals surface area contributed by atoms with E-state index in [0.29, 0.717) is 21.9 Å². The molecule has 0 aliphatic heterocycles. The molecule has 0 aromatic heterocycles. The Bertz CT molecular complexity index is 682. The first kappa shape index (κ1) is 12.8. The van der Waals surface area contributed by atoms with Gasteiger partial charge in [0.2, 0.25) is 0 Å². The van der Waals surface area contributed by atoms with Gasteiger partial charge in [-0.25, -0.2) is 0 Å². The fraction of sp³-hybridized carbons (Fsp3) is 0.